The standard InChI is InChI=1S/C12H7Cl2NO4/c13-6-1-2-7(12(17)18)8(5-6)15-11(16)9-3-4-10(14)19-9/h1-5H,(H,15,16)(H,17,18). The Kier molecular flexibility index (Phi) is 3.78. The number of carbonyl (C=O) groups excluding carboxylic acids is 1. The van der Waals surface area contributed by atoms with Gasteiger partial charge in [-0.05, 0) is 41.9 Å². The Morgan fingerprint density at radius 2 is 1.89 bits per heavy atom. The van der Waals surface area contributed by atoms with Crippen molar-refractivity contribution in [2.24, 2.45) is 0 Å². The number of amides is 1. The number of nitrogens with one attached hydrogen (secondary N) is 1. The van der Waals surface area contributed by atoms with Gasteiger partial charge in [0.05, 0.1) is 11.3 Å². The molecule has 19 heavy (non-hydrogen) atoms. The molecule has 1 amide bonds. The van der Waals surface area contributed by atoms with Crippen LogP contribution in [0, 0.1) is 0 Å². The lowest BCUT2D eigenvalue weighted by Crippen LogP contribution is -2.14. The van der Waals surface area contributed by atoms with Crippen LogP contribution < -0.4 is 5.32 Å². The van der Waals surface area contributed by atoms with E-state index in [1.807, 2.05) is 0 Å². The topological polar surface area (TPSA) is 79.5 Å². The third-order valence-corrected chi connectivity index (χ3v) is 2.70. The molecule has 0 saturated carbocycles. The quantitative estimate of drug-likeness (QED) is 0.908. The minimum absolute atomic E-state index is 0.0266. The molecule has 0 radical (unpaired) electrons. The second-order valence-electron chi connectivity index (χ2n) is 3.55. The summed E-state index contributed by atoms with van der Waals surface area (Å²) < 4.78 is 4.92. The van der Waals surface area contributed by atoms with Crippen molar-refractivity contribution in [3.8, 4) is 0 Å². The molecule has 2 N–H and O–H groups in total. The molecule has 1 aromatic carbocycles. The zero-order chi connectivity index (χ0) is 14.0. The summed E-state index contributed by atoms with van der Waals surface area (Å²) in [7, 11) is 0. The molecule has 7 heteroatoms. The monoisotopic (exact) mass is 299 g/mol. The van der Waals surface area contributed by atoms with Gasteiger partial charge in [-0.3, -0.25) is 4.79 Å². The fraction of sp³-hybridized carbons (Fsp3) is 0. The van der Waals surface area contributed by atoms with Crippen LogP contribution in [0.3, 0.4) is 0 Å². The number of hydrogen-bond donors (Lipinski definition) is 2. The van der Waals surface area contributed by atoms with Gasteiger partial charge < -0.3 is 14.8 Å². The SMILES string of the molecule is O=C(Nc1cc(Cl)ccc1C(=O)O)c1ccc(Cl)o1. The molecule has 0 fully saturated rings. The third-order valence-electron chi connectivity index (χ3n) is 2.26. The molecule has 0 aliphatic carbocycles. The molecule has 0 saturated heterocycles. The smallest absolute Gasteiger partial charge is 0.337 e. The van der Waals surface area contributed by atoms with Gasteiger partial charge in [-0.15, -0.1) is 0 Å². The van der Waals surface area contributed by atoms with E-state index in [2.05, 4.69) is 5.32 Å². The second-order valence-corrected chi connectivity index (χ2v) is 4.36. The number of benzene rings is 1. The van der Waals surface area contributed by atoms with E-state index in [-0.39, 0.29) is 22.2 Å². The predicted octanol–water partition coefficient (Wildman–Crippen LogP) is 3.54. The lowest BCUT2D eigenvalue weighted by Gasteiger charge is -2.07. The lowest BCUT2D eigenvalue weighted by molar-refractivity contribution is 0.0698. The van der Waals surface area contributed by atoms with Gasteiger partial charge in [-0.25, -0.2) is 4.79 Å². The molecular weight excluding hydrogens is 293 g/mol. The number of carboxylic acids is 1. The number of halogens is 2. The summed E-state index contributed by atoms with van der Waals surface area (Å²) in [6.07, 6.45) is 0. The minimum Gasteiger partial charge on any atom is -0.478 e. The van der Waals surface area contributed by atoms with Gasteiger partial charge in [0, 0.05) is 5.02 Å². The highest BCUT2D eigenvalue weighted by Gasteiger charge is 2.16. The highest BCUT2D eigenvalue weighted by molar-refractivity contribution is 6.31. The molecule has 0 unspecified atom stereocenters. The summed E-state index contributed by atoms with van der Waals surface area (Å²) in [6, 6.07) is 6.85. The lowest BCUT2D eigenvalue weighted by atomic mass is 10.1. The number of hydrogen-bond acceptors (Lipinski definition) is 3. The van der Waals surface area contributed by atoms with Gasteiger partial charge in [0.25, 0.3) is 5.91 Å². The molecule has 0 aliphatic rings. The van der Waals surface area contributed by atoms with Crippen LogP contribution in [-0.2, 0) is 0 Å². The second kappa shape index (κ2) is 5.34. The van der Waals surface area contributed by atoms with Crippen LogP contribution in [0.1, 0.15) is 20.9 Å². The number of anilines is 1. The Labute approximate surface area is 117 Å². The van der Waals surface area contributed by atoms with Gasteiger partial charge in [0.2, 0.25) is 0 Å². The van der Waals surface area contributed by atoms with Gasteiger partial charge in [0.1, 0.15) is 0 Å². The van der Waals surface area contributed by atoms with E-state index >= 15 is 0 Å². The van der Waals surface area contributed by atoms with Crippen molar-refractivity contribution in [3.05, 3.63) is 51.9 Å². The normalized spacial score (nSPS) is 10.2. The number of carboxylic acid groups (broad SMARTS) is 1. The van der Waals surface area contributed by atoms with Crippen LogP contribution in [0.25, 0.3) is 0 Å². The zero-order valence-corrected chi connectivity index (χ0v) is 10.8. The van der Waals surface area contributed by atoms with Crippen molar-refractivity contribution in [3.63, 3.8) is 0 Å². The van der Waals surface area contributed by atoms with Crippen LogP contribution >= 0.6 is 23.2 Å². The molecule has 2 aromatic rings. The van der Waals surface area contributed by atoms with Crippen molar-refractivity contribution in [2.45, 2.75) is 0 Å². The number of rotatable bonds is 3. The number of furan rings is 1. The van der Waals surface area contributed by atoms with Crippen molar-refractivity contribution < 1.29 is 19.1 Å². The van der Waals surface area contributed by atoms with Gasteiger partial charge in [-0.1, -0.05) is 11.6 Å². The Balaban J connectivity index is 2.30. The number of carbonyl (C=O) groups is 2. The maximum atomic E-state index is 11.8. The van der Waals surface area contributed by atoms with E-state index < -0.39 is 11.9 Å². The molecule has 2 rings (SSSR count). The van der Waals surface area contributed by atoms with E-state index in [1.165, 1.54) is 30.3 Å². The molecule has 98 valence electrons. The maximum Gasteiger partial charge on any atom is 0.337 e. The van der Waals surface area contributed by atoms with Crippen molar-refractivity contribution in [1.82, 2.24) is 0 Å². The first-order valence-electron chi connectivity index (χ1n) is 5.07. The van der Waals surface area contributed by atoms with Crippen LogP contribution in [0.15, 0.2) is 34.7 Å². The molecule has 0 aliphatic heterocycles. The van der Waals surface area contributed by atoms with Crippen LogP contribution in [0.5, 0.6) is 0 Å². The van der Waals surface area contributed by atoms with E-state index in [0.717, 1.165) is 0 Å². The first-order chi connectivity index (χ1) is 8.97. The summed E-state index contributed by atoms with van der Waals surface area (Å²) in [5.74, 6) is -1.82. The van der Waals surface area contributed by atoms with Crippen LogP contribution in [0.2, 0.25) is 10.2 Å². The van der Waals surface area contributed by atoms with Crippen LogP contribution in [0.4, 0.5) is 5.69 Å². The van der Waals surface area contributed by atoms with E-state index in [4.69, 9.17) is 32.7 Å². The summed E-state index contributed by atoms with van der Waals surface area (Å²) in [6.45, 7) is 0. The van der Waals surface area contributed by atoms with Gasteiger partial charge in [0.15, 0.2) is 11.0 Å². The average molecular weight is 300 g/mol. The van der Waals surface area contributed by atoms with Crippen molar-refractivity contribution in [2.75, 3.05) is 5.32 Å². The van der Waals surface area contributed by atoms with E-state index in [9.17, 15) is 9.59 Å². The Bertz CT molecular complexity index is 651. The molecule has 1 aromatic heterocycles. The minimum atomic E-state index is -1.18. The molecule has 0 bridgehead atoms. The Hall–Kier alpha value is -1.98. The van der Waals surface area contributed by atoms with Crippen molar-refractivity contribution >= 4 is 40.8 Å². The summed E-state index contributed by atoms with van der Waals surface area (Å²) in [5.41, 5.74) is 0.00734. The summed E-state index contributed by atoms with van der Waals surface area (Å²) in [4.78, 5) is 22.8. The highest BCUT2D eigenvalue weighted by Crippen LogP contribution is 2.22. The van der Waals surface area contributed by atoms with Gasteiger partial charge in [-0.2, -0.15) is 0 Å². The largest absolute Gasteiger partial charge is 0.478 e. The Morgan fingerprint density at radius 3 is 2.47 bits per heavy atom. The predicted molar refractivity (Wildman–Crippen MR) is 70.1 cm³/mol. The van der Waals surface area contributed by atoms with Crippen LogP contribution in [-0.4, -0.2) is 17.0 Å². The fourth-order valence-electron chi connectivity index (χ4n) is 1.43. The highest BCUT2D eigenvalue weighted by atomic mass is 35.5. The van der Waals surface area contributed by atoms with E-state index in [0.29, 0.717) is 5.02 Å². The number of aromatic carboxylic acids is 1. The zero-order valence-electron chi connectivity index (χ0n) is 9.31. The van der Waals surface area contributed by atoms with Gasteiger partial charge >= 0.3 is 5.97 Å². The summed E-state index contributed by atoms with van der Waals surface area (Å²) >= 11 is 11.3. The summed E-state index contributed by atoms with van der Waals surface area (Å²) in [5, 5.41) is 11.8. The molecule has 0 atom stereocenters. The maximum absolute atomic E-state index is 11.8. The fourth-order valence-corrected chi connectivity index (χ4v) is 1.74. The first kappa shape index (κ1) is 13.5. The molecule has 5 nitrogen and oxygen atoms in total. The molecule has 0 spiro atoms. The average Bonchev–Trinajstić information content (AvgIpc) is 2.75. The molecular formula is C12H7Cl2NO4. The Morgan fingerprint density at radius 1 is 1.16 bits per heavy atom. The van der Waals surface area contributed by atoms with Crippen molar-refractivity contribution in [1.29, 1.82) is 0 Å². The molecule has 1 heterocycles. The first-order valence-corrected chi connectivity index (χ1v) is 5.82. The third kappa shape index (κ3) is 3.07. The van der Waals surface area contributed by atoms with E-state index in [1.54, 1.807) is 0 Å².